The Kier molecular flexibility index (Phi) is 2.23. The predicted molar refractivity (Wildman–Crippen MR) is 57.7 cm³/mol. The fraction of sp³-hybridized carbons (Fsp3) is 0.182. The molecule has 1 aromatic heterocycles. The first-order chi connectivity index (χ1) is 6.83. The maximum absolute atomic E-state index is 5.87. The fourth-order valence-corrected chi connectivity index (χ4v) is 1.55. The minimum atomic E-state index is 0.734. The van der Waals surface area contributed by atoms with Crippen LogP contribution in [0.15, 0.2) is 36.5 Å². The Morgan fingerprint density at radius 1 is 1.29 bits per heavy atom. The monoisotopic (exact) mass is 187 g/mol. The van der Waals surface area contributed by atoms with Crippen molar-refractivity contribution in [3.8, 4) is 11.3 Å². The molecule has 0 bridgehead atoms. The number of hydrogen-bond donors (Lipinski definition) is 1. The van der Waals surface area contributed by atoms with Crippen LogP contribution in [0.1, 0.15) is 6.92 Å². The van der Waals surface area contributed by atoms with E-state index in [9.17, 15) is 0 Å². The van der Waals surface area contributed by atoms with Crippen molar-refractivity contribution in [3.63, 3.8) is 0 Å². The van der Waals surface area contributed by atoms with Crippen molar-refractivity contribution >= 4 is 5.69 Å². The number of benzene rings is 1. The third-order valence-corrected chi connectivity index (χ3v) is 2.21. The Balaban J connectivity index is 2.55. The lowest BCUT2D eigenvalue weighted by Crippen LogP contribution is -1.99. The fourth-order valence-electron chi connectivity index (χ4n) is 1.55. The molecule has 0 aliphatic carbocycles. The zero-order chi connectivity index (χ0) is 9.97. The largest absolute Gasteiger partial charge is 0.396 e. The average Bonchev–Trinajstić information content (AvgIpc) is 2.61. The Morgan fingerprint density at radius 3 is 2.64 bits per heavy atom. The van der Waals surface area contributed by atoms with E-state index < -0.39 is 0 Å². The summed E-state index contributed by atoms with van der Waals surface area (Å²) in [4.78, 5) is 0. The van der Waals surface area contributed by atoms with Crippen LogP contribution in [0.3, 0.4) is 0 Å². The molecule has 3 heteroatoms. The van der Waals surface area contributed by atoms with Gasteiger partial charge < -0.3 is 5.73 Å². The van der Waals surface area contributed by atoms with E-state index in [-0.39, 0.29) is 0 Å². The molecule has 14 heavy (non-hydrogen) atoms. The molecule has 0 radical (unpaired) electrons. The number of aromatic nitrogens is 2. The third kappa shape index (κ3) is 1.37. The molecule has 2 aromatic rings. The van der Waals surface area contributed by atoms with Crippen LogP contribution in [0.4, 0.5) is 5.69 Å². The summed E-state index contributed by atoms with van der Waals surface area (Å²) in [5, 5.41) is 4.20. The maximum atomic E-state index is 5.87. The van der Waals surface area contributed by atoms with Crippen LogP contribution in [-0.4, -0.2) is 9.78 Å². The maximum Gasteiger partial charge on any atom is 0.0911 e. The molecule has 72 valence electrons. The molecule has 0 aliphatic heterocycles. The molecule has 3 nitrogen and oxygen atoms in total. The van der Waals surface area contributed by atoms with Crippen LogP contribution in [-0.2, 0) is 6.54 Å². The smallest absolute Gasteiger partial charge is 0.0911 e. The van der Waals surface area contributed by atoms with E-state index in [4.69, 9.17) is 5.73 Å². The summed E-state index contributed by atoms with van der Waals surface area (Å²) in [6.07, 6.45) is 1.70. The first-order valence-corrected chi connectivity index (χ1v) is 4.69. The van der Waals surface area contributed by atoms with Crippen LogP contribution in [0.2, 0.25) is 0 Å². The van der Waals surface area contributed by atoms with Gasteiger partial charge in [-0.15, -0.1) is 0 Å². The second-order valence-corrected chi connectivity index (χ2v) is 3.13. The van der Waals surface area contributed by atoms with E-state index in [1.54, 1.807) is 6.20 Å². The van der Waals surface area contributed by atoms with Crippen LogP contribution < -0.4 is 5.73 Å². The molecule has 0 fully saturated rings. The van der Waals surface area contributed by atoms with E-state index >= 15 is 0 Å². The molecule has 2 rings (SSSR count). The molecule has 2 N–H and O–H groups in total. The molecule has 1 aromatic carbocycles. The van der Waals surface area contributed by atoms with Gasteiger partial charge in [0.2, 0.25) is 0 Å². The van der Waals surface area contributed by atoms with Crippen LogP contribution in [0, 0.1) is 0 Å². The van der Waals surface area contributed by atoms with Crippen molar-refractivity contribution in [1.29, 1.82) is 0 Å². The van der Waals surface area contributed by atoms with Gasteiger partial charge in [0.05, 0.1) is 17.6 Å². The van der Waals surface area contributed by atoms with E-state index in [0.29, 0.717) is 0 Å². The van der Waals surface area contributed by atoms with Crippen molar-refractivity contribution in [1.82, 2.24) is 9.78 Å². The van der Waals surface area contributed by atoms with Gasteiger partial charge >= 0.3 is 0 Å². The highest BCUT2D eigenvalue weighted by atomic mass is 15.3. The van der Waals surface area contributed by atoms with Crippen molar-refractivity contribution in [2.75, 3.05) is 5.73 Å². The van der Waals surface area contributed by atoms with Crippen LogP contribution in [0.5, 0.6) is 0 Å². The zero-order valence-corrected chi connectivity index (χ0v) is 8.14. The molecule has 0 unspecified atom stereocenters. The van der Waals surface area contributed by atoms with Gasteiger partial charge in [-0.2, -0.15) is 5.10 Å². The van der Waals surface area contributed by atoms with Gasteiger partial charge in [-0.25, -0.2) is 0 Å². The minimum Gasteiger partial charge on any atom is -0.396 e. The Labute approximate surface area is 83.2 Å². The molecule has 1 heterocycles. The van der Waals surface area contributed by atoms with Gasteiger partial charge in [-0.3, -0.25) is 4.68 Å². The highest BCUT2D eigenvalue weighted by molar-refractivity contribution is 5.72. The number of hydrogen-bond acceptors (Lipinski definition) is 2. The van der Waals surface area contributed by atoms with Crippen molar-refractivity contribution in [2.24, 2.45) is 0 Å². The summed E-state index contributed by atoms with van der Waals surface area (Å²) in [6.45, 7) is 2.89. The molecule has 0 aliphatic rings. The summed E-state index contributed by atoms with van der Waals surface area (Å²) in [5.41, 5.74) is 8.72. The van der Waals surface area contributed by atoms with E-state index in [2.05, 4.69) is 12.0 Å². The summed E-state index contributed by atoms with van der Waals surface area (Å²) in [6, 6.07) is 10.1. The lowest BCUT2D eigenvalue weighted by Gasteiger charge is -2.05. The van der Waals surface area contributed by atoms with Gasteiger partial charge in [0.1, 0.15) is 0 Å². The summed E-state index contributed by atoms with van der Waals surface area (Å²) in [5.74, 6) is 0. The van der Waals surface area contributed by atoms with Gasteiger partial charge in [-0.05, 0) is 6.92 Å². The standard InChI is InChI=1S/C11H13N3/c1-2-14-11(10(12)8-13-14)9-6-4-3-5-7-9/h3-8H,2,12H2,1H3. The van der Waals surface area contributed by atoms with E-state index in [0.717, 1.165) is 23.5 Å². The van der Waals surface area contributed by atoms with Crippen molar-refractivity contribution in [3.05, 3.63) is 36.5 Å². The average molecular weight is 187 g/mol. The molecule has 0 atom stereocenters. The highest BCUT2D eigenvalue weighted by Gasteiger charge is 2.08. The van der Waals surface area contributed by atoms with Gasteiger partial charge in [-0.1, -0.05) is 30.3 Å². The number of aryl methyl sites for hydroxylation is 1. The number of nitrogens with zero attached hydrogens (tertiary/aromatic N) is 2. The second-order valence-electron chi connectivity index (χ2n) is 3.13. The molecule has 0 amide bonds. The second kappa shape index (κ2) is 3.54. The van der Waals surface area contributed by atoms with Gasteiger partial charge in [0.25, 0.3) is 0 Å². The van der Waals surface area contributed by atoms with Crippen LogP contribution in [0.25, 0.3) is 11.3 Å². The first kappa shape index (κ1) is 8.81. The Bertz CT molecular complexity index is 417. The molecule has 0 spiro atoms. The Hall–Kier alpha value is -1.77. The molecular weight excluding hydrogens is 174 g/mol. The van der Waals surface area contributed by atoms with E-state index in [1.807, 2.05) is 35.0 Å². The van der Waals surface area contributed by atoms with E-state index in [1.165, 1.54) is 0 Å². The molecule has 0 saturated heterocycles. The lowest BCUT2D eigenvalue weighted by molar-refractivity contribution is 0.667. The zero-order valence-electron chi connectivity index (χ0n) is 8.14. The molecule has 0 saturated carbocycles. The SMILES string of the molecule is CCn1ncc(N)c1-c1ccccc1. The number of nitrogen functional groups attached to an aromatic ring is 1. The molecular formula is C11H13N3. The summed E-state index contributed by atoms with van der Waals surface area (Å²) >= 11 is 0. The third-order valence-electron chi connectivity index (χ3n) is 2.21. The van der Waals surface area contributed by atoms with Gasteiger partial charge in [0.15, 0.2) is 0 Å². The highest BCUT2D eigenvalue weighted by Crippen LogP contribution is 2.24. The number of rotatable bonds is 2. The quantitative estimate of drug-likeness (QED) is 0.782. The lowest BCUT2D eigenvalue weighted by atomic mass is 10.1. The minimum absolute atomic E-state index is 0.734. The topological polar surface area (TPSA) is 43.8 Å². The Morgan fingerprint density at radius 2 is 2.00 bits per heavy atom. The summed E-state index contributed by atoms with van der Waals surface area (Å²) < 4.78 is 1.91. The number of nitrogens with two attached hydrogens (primary N) is 1. The number of anilines is 1. The predicted octanol–water partition coefficient (Wildman–Crippen LogP) is 2.15. The van der Waals surface area contributed by atoms with Gasteiger partial charge in [0, 0.05) is 12.1 Å². The van der Waals surface area contributed by atoms with Crippen LogP contribution >= 0.6 is 0 Å². The van der Waals surface area contributed by atoms with Crippen molar-refractivity contribution in [2.45, 2.75) is 13.5 Å². The summed E-state index contributed by atoms with van der Waals surface area (Å²) in [7, 11) is 0. The normalized spacial score (nSPS) is 10.4. The van der Waals surface area contributed by atoms with Crippen molar-refractivity contribution < 1.29 is 0 Å². The first-order valence-electron chi connectivity index (χ1n) is 4.69.